The number of aliphatic carboxylic acids is 1. The number of piperidine rings is 2. The Labute approximate surface area is 215 Å². The monoisotopic (exact) mass is 497 g/mol. The zero-order valence-electron chi connectivity index (χ0n) is 21.2. The Morgan fingerprint density at radius 3 is 2.40 bits per heavy atom. The number of carboxylic acid groups (broad SMARTS) is 1. The lowest BCUT2D eigenvalue weighted by Crippen LogP contribution is -2.54. The molecule has 3 unspecified atom stereocenters. The van der Waals surface area contributed by atoms with Crippen LogP contribution in [0.4, 0.5) is 0 Å². The number of benzene rings is 2. The Bertz CT molecular complexity index is 1030. The van der Waals surface area contributed by atoms with Crippen LogP contribution in [0.25, 0.3) is 10.8 Å². The van der Waals surface area contributed by atoms with Crippen molar-refractivity contribution in [1.29, 1.82) is 0 Å². The minimum atomic E-state index is -0.619. The number of carboxylic acids is 1. The molecule has 2 aromatic rings. The third-order valence-electron chi connectivity index (χ3n) is 9.12. The molecule has 2 aliphatic heterocycles. The van der Waals surface area contributed by atoms with Gasteiger partial charge in [-0.1, -0.05) is 56.5 Å². The normalized spacial score (nSPS) is 30.2. The van der Waals surface area contributed by atoms with Crippen LogP contribution in [-0.2, 0) is 4.79 Å². The SMILES string of the molecule is CCC1CCC(Oc2ccc3cc(C(CC)N4C5CCCC4CC(C(=O)O)C5)ccc3c2Cl)CC1. The summed E-state index contributed by atoms with van der Waals surface area (Å²) in [5.74, 6) is 0.849. The number of hydrogen-bond donors (Lipinski definition) is 1. The molecule has 1 aliphatic carbocycles. The van der Waals surface area contributed by atoms with Crippen molar-refractivity contribution in [1.82, 2.24) is 4.90 Å². The lowest BCUT2D eigenvalue weighted by molar-refractivity contribution is -0.147. The molecule has 2 saturated heterocycles. The zero-order valence-corrected chi connectivity index (χ0v) is 22.0. The largest absolute Gasteiger partial charge is 0.489 e. The van der Waals surface area contributed by atoms with E-state index >= 15 is 0 Å². The van der Waals surface area contributed by atoms with Crippen molar-refractivity contribution in [3.05, 3.63) is 40.9 Å². The molecule has 190 valence electrons. The number of carbonyl (C=O) groups is 1. The summed E-state index contributed by atoms with van der Waals surface area (Å²) in [5, 5.41) is 12.6. The predicted molar refractivity (Wildman–Crippen MR) is 142 cm³/mol. The fraction of sp³-hybridized carbons (Fsp3) is 0.633. The summed E-state index contributed by atoms with van der Waals surface area (Å²) in [5.41, 5.74) is 1.31. The minimum Gasteiger partial charge on any atom is -0.489 e. The van der Waals surface area contributed by atoms with Gasteiger partial charge < -0.3 is 9.84 Å². The molecule has 5 heteroatoms. The molecule has 1 saturated carbocycles. The van der Waals surface area contributed by atoms with Crippen molar-refractivity contribution in [3.63, 3.8) is 0 Å². The zero-order chi connectivity index (χ0) is 24.5. The second-order valence-corrected chi connectivity index (χ2v) is 11.5. The van der Waals surface area contributed by atoms with Crippen LogP contribution < -0.4 is 4.74 Å². The Hall–Kier alpha value is -1.78. The highest BCUT2D eigenvalue weighted by atomic mass is 35.5. The molecular weight excluding hydrogens is 458 g/mol. The van der Waals surface area contributed by atoms with Gasteiger partial charge in [0.05, 0.1) is 17.0 Å². The van der Waals surface area contributed by atoms with Crippen LogP contribution in [0.3, 0.4) is 0 Å². The van der Waals surface area contributed by atoms with E-state index in [0.29, 0.717) is 18.1 Å². The van der Waals surface area contributed by atoms with Crippen molar-refractivity contribution >= 4 is 28.3 Å². The maximum atomic E-state index is 11.7. The van der Waals surface area contributed by atoms with Crippen LogP contribution in [0.5, 0.6) is 5.75 Å². The van der Waals surface area contributed by atoms with Gasteiger partial charge in [0.2, 0.25) is 0 Å². The van der Waals surface area contributed by atoms with Crippen LogP contribution in [0, 0.1) is 11.8 Å². The van der Waals surface area contributed by atoms with Crippen molar-refractivity contribution in [2.45, 2.75) is 109 Å². The summed E-state index contributed by atoms with van der Waals surface area (Å²) in [6, 6.07) is 11.9. The van der Waals surface area contributed by atoms with Gasteiger partial charge in [0.15, 0.2) is 0 Å². The summed E-state index contributed by atoms with van der Waals surface area (Å²) < 4.78 is 6.37. The molecule has 0 amide bonds. The highest BCUT2D eigenvalue weighted by molar-refractivity contribution is 6.37. The average molecular weight is 498 g/mol. The Morgan fingerprint density at radius 1 is 1.06 bits per heavy atom. The molecule has 2 bridgehead atoms. The van der Waals surface area contributed by atoms with Crippen molar-refractivity contribution in [2.75, 3.05) is 0 Å². The molecule has 3 aliphatic rings. The minimum absolute atomic E-state index is 0.190. The van der Waals surface area contributed by atoms with Gasteiger partial charge >= 0.3 is 5.97 Å². The molecule has 2 heterocycles. The van der Waals surface area contributed by atoms with Gasteiger partial charge in [-0.2, -0.15) is 0 Å². The molecular formula is C30H40ClNO3. The van der Waals surface area contributed by atoms with E-state index in [1.807, 2.05) is 6.07 Å². The Morgan fingerprint density at radius 2 is 1.77 bits per heavy atom. The number of rotatable bonds is 7. The fourth-order valence-corrected chi connectivity index (χ4v) is 7.45. The van der Waals surface area contributed by atoms with Gasteiger partial charge in [-0.3, -0.25) is 9.69 Å². The molecule has 35 heavy (non-hydrogen) atoms. The molecule has 0 aromatic heterocycles. The van der Waals surface area contributed by atoms with Crippen LogP contribution >= 0.6 is 11.6 Å². The van der Waals surface area contributed by atoms with Gasteiger partial charge in [0.25, 0.3) is 0 Å². The Balaban J connectivity index is 1.36. The van der Waals surface area contributed by atoms with E-state index in [2.05, 4.69) is 43.0 Å². The lowest BCUT2D eigenvalue weighted by Gasteiger charge is -2.51. The van der Waals surface area contributed by atoms with E-state index in [9.17, 15) is 9.90 Å². The first-order valence-electron chi connectivity index (χ1n) is 13.9. The predicted octanol–water partition coefficient (Wildman–Crippen LogP) is 8.01. The van der Waals surface area contributed by atoms with Gasteiger partial charge in [0.1, 0.15) is 5.75 Å². The summed E-state index contributed by atoms with van der Waals surface area (Å²) in [6.45, 7) is 4.54. The maximum absolute atomic E-state index is 11.7. The third kappa shape index (κ3) is 5.06. The number of fused-ring (bicyclic) bond motifs is 3. The molecule has 0 radical (unpaired) electrons. The van der Waals surface area contributed by atoms with Gasteiger partial charge in [-0.15, -0.1) is 0 Å². The van der Waals surface area contributed by atoms with Crippen LogP contribution in [0.2, 0.25) is 5.02 Å². The summed E-state index contributed by atoms with van der Waals surface area (Å²) in [7, 11) is 0. The second-order valence-electron chi connectivity index (χ2n) is 11.1. The molecule has 5 rings (SSSR count). The van der Waals surface area contributed by atoms with E-state index in [-0.39, 0.29) is 12.0 Å². The van der Waals surface area contributed by atoms with E-state index in [1.165, 1.54) is 31.2 Å². The third-order valence-corrected chi connectivity index (χ3v) is 9.51. The van der Waals surface area contributed by atoms with Crippen molar-refractivity contribution in [3.8, 4) is 5.75 Å². The summed E-state index contributed by atoms with van der Waals surface area (Å²) in [6.07, 6.45) is 12.3. The highest BCUT2D eigenvalue weighted by Gasteiger charge is 2.43. The molecule has 4 nitrogen and oxygen atoms in total. The van der Waals surface area contributed by atoms with Gasteiger partial charge in [-0.05, 0) is 86.8 Å². The number of hydrogen-bond acceptors (Lipinski definition) is 3. The maximum Gasteiger partial charge on any atom is 0.306 e. The first kappa shape index (κ1) is 24.9. The van der Waals surface area contributed by atoms with E-state index in [0.717, 1.165) is 72.4 Å². The quantitative estimate of drug-likeness (QED) is 0.420. The van der Waals surface area contributed by atoms with E-state index < -0.39 is 5.97 Å². The number of halogens is 1. The fourth-order valence-electron chi connectivity index (χ4n) is 7.17. The second kappa shape index (κ2) is 10.7. The smallest absolute Gasteiger partial charge is 0.306 e. The summed E-state index contributed by atoms with van der Waals surface area (Å²) >= 11 is 6.86. The van der Waals surface area contributed by atoms with Gasteiger partial charge in [-0.25, -0.2) is 0 Å². The average Bonchev–Trinajstić information content (AvgIpc) is 2.86. The van der Waals surface area contributed by atoms with Gasteiger partial charge in [0, 0.05) is 23.5 Å². The van der Waals surface area contributed by atoms with E-state index in [1.54, 1.807) is 0 Å². The molecule has 3 atom stereocenters. The number of nitrogens with zero attached hydrogens (tertiary/aromatic N) is 1. The van der Waals surface area contributed by atoms with Crippen LogP contribution in [0.15, 0.2) is 30.3 Å². The topological polar surface area (TPSA) is 49.8 Å². The standard InChI is InChI=1S/C30H40ClNO3/c1-3-19-8-12-25(13-9-19)35-28-15-11-20-16-21(10-14-26(20)29(28)31)27(4-2)32-23-6-5-7-24(32)18-22(17-23)30(33)34/h10-11,14-16,19,22-25,27H,3-9,12-13,17-18H2,1-2H3,(H,33,34). The highest BCUT2D eigenvalue weighted by Crippen LogP contribution is 2.44. The van der Waals surface area contributed by atoms with E-state index in [4.69, 9.17) is 16.3 Å². The molecule has 0 spiro atoms. The number of ether oxygens (including phenoxy) is 1. The van der Waals surface area contributed by atoms with Crippen molar-refractivity contribution in [2.24, 2.45) is 11.8 Å². The lowest BCUT2D eigenvalue weighted by atomic mass is 9.76. The first-order chi connectivity index (χ1) is 17.0. The van der Waals surface area contributed by atoms with Crippen LogP contribution in [-0.4, -0.2) is 34.2 Å². The Kier molecular flexibility index (Phi) is 7.60. The first-order valence-corrected chi connectivity index (χ1v) is 14.2. The molecule has 2 aromatic carbocycles. The molecule has 3 fully saturated rings. The molecule has 1 N–H and O–H groups in total. The summed E-state index contributed by atoms with van der Waals surface area (Å²) in [4.78, 5) is 14.4. The van der Waals surface area contributed by atoms with Crippen LogP contribution in [0.1, 0.15) is 96.1 Å². The van der Waals surface area contributed by atoms with Crippen molar-refractivity contribution < 1.29 is 14.6 Å².